The van der Waals surface area contributed by atoms with Gasteiger partial charge in [-0.1, -0.05) is 25.8 Å². The van der Waals surface area contributed by atoms with Gasteiger partial charge in [-0.2, -0.15) is 0 Å². The van der Waals surface area contributed by atoms with E-state index >= 15 is 0 Å². The Morgan fingerprint density at radius 3 is 2.05 bits per heavy atom. The van der Waals surface area contributed by atoms with Crippen molar-refractivity contribution in [1.82, 2.24) is 0 Å². The number of hydrogen-bond donors (Lipinski definition) is 1. The molecule has 0 aromatic heterocycles. The molecule has 2 rings (SSSR count). The van der Waals surface area contributed by atoms with Crippen molar-refractivity contribution in [3.63, 3.8) is 0 Å². The van der Waals surface area contributed by atoms with Crippen LogP contribution in [0.2, 0.25) is 0 Å². The number of benzene rings is 1. The summed E-state index contributed by atoms with van der Waals surface area (Å²) in [7, 11) is 3.27. The van der Waals surface area contributed by atoms with E-state index in [9.17, 15) is 5.11 Å². The normalized spacial score (nSPS) is 24.8. The van der Waals surface area contributed by atoms with Crippen molar-refractivity contribution >= 4 is 0 Å². The lowest BCUT2D eigenvalue weighted by molar-refractivity contribution is 0.0712. The summed E-state index contributed by atoms with van der Waals surface area (Å²) in [6, 6.07) is 5.65. The maximum atomic E-state index is 10.7. The van der Waals surface area contributed by atoms with Crippen molar-refractivity contribution < 1.29 is 14.6 Å². The first-order valence-corrected chi connectivity index (χ1v) is 7.06. The van der Waals surface area contributed by atoms with Gasteiger partial charge in [0.05, 0.1) is 25.9 Å². The van der Waals surface area contributed by atoms with Gasteiger partial charge in [-0.3, -0.25) is 0 Å². The van der Waals surface area contributed by atoms with Gasteiger partial charge in [0.1, 0.15) is 11.5 Å². The summed E-state index contributed by atoms with van der Waals surface area (Å²) in [4.78, 5) is 0. The van der Waals surface area contributed by atoms with Crippen LogP contribution < -0.4 is 9.47 Å². The molecule has 0 amide bonds. The SMILES string of the molecule is COc1cccc(OC)c1C(O)C1CCC(C)CC1. The lowest BCUT2D eigenvalue weighted by atomic mass is 9.78. The van der Waals surface area contributed by atoms with Gasteiger partial charge in [-0.25, -0.2) is 0 Å². The molecule has 1 N–H and O–H groups in total. The molecule has 0 aliphatic heterocycles. The molecule has 1 fully saturated rings. The number of methoxy groups -OCH3 is 2. The summed E-state index contributed by atoms with van der Waals surface area (Å²) in [5, 5.41) is 10.7. The zero-order valence-corrected chi connectivity index (χ0v) is 12.1. The van der Waals surface area contributed by atoms with Gasteiger partial charge >= 0.3 is 0 Å². The van der Waals surface area contributed by atoms with E-state index in [4.69, 9.17) is 9.47 Å². The molecule has 1 atom stereocenters. The van der Waals surface area contributed by atoms with Crippen LogP contribution in [0, 0.1) is 11.8 Å². The summed E-state index contributed by atoms with van der Waals surface area (Å²) in [5.74, 6) is 2.51. The average molecular weight is 264 g/mol. The van der Waals surface area contributed by atoms with E-state index in [1.165, 1.54) is 12.8 Å². The Morgan fingerprint density at radius 2 is 1.58 bits per heavy atom. The second kappa shape index (κ2) is 6.29. The molecule has 3 heteroatoms. The molecule has 0 heterocycles. The van der Waals surface area contributed by atoms with Crippen LogP contribution in [0.15, 0.2) is 18.2 Å². The Kier molecular flexibility index (Phi) is 4.70. The molecule has 1 aliphatic rings. The maximum absolute atomic E-state index is 10.7. The highest BCUT2D eigenvalue weighted by Crippen LogP contribution is 2.43. The van der Waals surface area contributed by atoms with E-state index in [-0.39, 0.29) is 0 Å². The molecule has 1 aromatic carbocycles. The minimum Gasteiger partial charge on any atom is -0.496 e. The Labute approximate surface area is 115 Å². The van der Waals surface area contributed by atoms with Crippen molar-refractivity contribution in [2.24, 2.45) is 11.8 Å². The molecule has 0 radical (unpaired) electrons. The molecule has 3 nitrogen and oxygen atoms in total. The van der Waals surface area contributed by atoms with E-state index in [2.05, 4.69) is 6.92 Å². The summed E-state index contributed by atoms with van der Waals surface area (Å²) in [6.07, 6.45) is 4.03. The van der Waals surface area contributed by atoms with Crippen molar-refractivity contribution in [2.75, 3.05) is 14.2 Å². The Bertz CT molecular complexity index is 386. The van der Waals surface area contributed by atoms with Gasteiger partial charge in [-0.15, -0.1) is 0 Å². The lowest BCUT2D eigenvalue weighted by Crippen LogP contribution is -2.20. The molecule has 0 bridgehead atoms. The van der Waals surface area contributed by atoms with Gasteiger partial charge in [0.2, 0.25) is 0 Å². The Hall–Kier alpha value is -1.22. The smallest absolute Gasteiger partial charge is 0.128 e. The van der Waals surface area contributed by atoms with E-state index in [1.54, 1.807) is 14.2 Å². The minimum atomic E-state index is -0.501. The van der Waals surface area contributed by atoms with Crippen molar-refractivity contribution in [3.8, 4) is 11.5 Å². The summed E-state index contributed by atoms with van der Waals surface area (Å²) < 4.78 is 10.8. The molecule has 19 heavy (non-hydrogen) atoms. The molecule has 1 aromatic rings. The molecule has 1 unspecified atom stereocenters. The van der Waals surface area contributed by atoms with Gasteiger partial charge < -0.3 is 14.6 Å². The third-order valence-electron chi connectivity index (χ3n) is 4.27. The highest BCUT2D eigenvalue weighted by Gasteiger charge is 2.29. The zero-order valence-electron chi connectivity index (χ0n) is 12.1. The second-order valence-electron chi connectivity index (χ2n) is 5.54. The number of rotatable bonds is 4. The predicted octanol–water partition coefficient (Wildman–Crippen LogP) is 3.56. The standard InChI is InChI=1S/C16H24O3/c1-11-7-9-12(10-8-11)16(17)15-13(18-2)5-4-6-14(15)19-3/h4-6,11-12,16-17H,7-10H2,1-3H3. The first-order valence-electron chi connectivity index (χ1n) is 7.06. The zero-order chi connectivity index (χ0) is 13.8. The first kappa shape index (κ1) is 14.2. The van der Waals surface area contributed by atoms with E-state index in [0.717, 1.165) is 24.3 Å². The fourth-order valence-corrected chi connectivity index (χ4v) is 3.01. The highest BCUT2D eigenvalue weighted by molar-refractivity contribution is 5.46. The van der Waals surface area contributed by atoms with Gasteiger partial charge in [0.15, 0.2) is 0 Å². The number of aliphatic hydroxyl groups excluding tert-OH is 1. The van der Waals surface area contributed by atoms with Crippen molar-refractivity contribution in [3.05, 3.63) is 23.8 Å². The van der Waals surface area contributed by atoms with Crippen LogP contribution >= 0.6 is 0 Å². The van der Waals surface area contributed by atoms with E-state index in [0.29, 0.717) is 17.4 Å². The van der Waals surface area contributed by atoms with Crippen LogP contribution in [0.25, 0.3) is 0 Å². The van der Waals surface area contributed by atoms with E-state index < -0.39 is 6.10 Å². The Morgan fingerprint density at radius 1 is 1.05 bits per heavy atom. The number of aliphatic hydroxyl groups is 1. The third-order valence-corrected chi connectivity index (χ3v) is 4.27. The molecular weight excluding hydrogens is 240 g/mol. The second-order valence-corrected chi connectivity index (χ2v) is 5.54. The third kappa shape index (κ3) is 3.03. The first-order chi connectivity index (χ1) is 9.17. The predicted molar refractivity (Wildman–Crippen MR) is 75.6 cm³/mol. The van der Waals surface area contributed by atoms with E-state index in [1.807, 2.05) is 18.2 Å². The van der Waals surface area contributed by atoms with Crippen LogP contribution in [-0.2, 0) is 0 Å². The molecule has 1 saturated carbocycles. The quantitative estimate of drug-likeness (QED) is 0.903. The topological polar surface area (TPSA) is 38.7 Å². The van der Waals surface area contributed by atoms with Crippen LogP contribution in [-0.4, -0.2) is 19.3 Å². The van der Waals surface area contributed by atoms with Crippen molar-refractivity contribution in [1.29, 1.82) is 0 Å². The summed E-state index contributed by atoms with van der Waals surface area (Å²) in [5.41, 5.74) is 0.798. The minimum absolute atomic E-state index is 0.307. The molecule has 106 valence electrons. The molecular formula is C16H24O3. The van der Waals surface area contributed by atoms with Gasteiger partial charge in [-0.05, 0) is 36.8 Å². The molecule has 0 saturated heterocycles. The van der Waals surface area contributed by atoms with Crippen molar-refractivity contribution in [2.45, 2.75) is 38.7 Å². The van der Waals surface area contributed by atoms with Gasteiger partial charge in [0.25, 0.3) is 0 Å². The average Bonchev–Trinajstić information content (AvgIpc) is 2.46. The largest absolute Gasteiger partial charge is 0.496 e. The van der Waals surface area contributed by atoms with Crippen LogP contribution in [0.4, 0.5) is 0 Å². The van der Waals surface area contributed by atoms with Crippen LogP contribution in [0.3, 0.4) is 0 Å². The highest BCUT2D eigenvalue weighted by atomic mass is 16.5. The molecule has 1 aliphatic carbocycles. The fraction of sp³-hybridized carbons (Fsp3) is 0.625. The maximum Gasteiger partial charge on any atom is 0.128 e. The van der Waals surface area contributed by atoms with Gasteiger partial charge in [0, 0.05) is 0 Å². The summed E-state index contributed by atoms with van der Waals surface area (Å²) in [6.45, 7) is 2.28. The number of hydrogen-bond acceptors (Lipinski definition) is 3. The number of ether oxygens (including phenoxy) is 2. The van der Waals surface area contributed by atoms with Crippen LogP contribution in [0.5, 0.6) is 11.5 Å². The molecule has 0 spiro atoms. The fourth-order valence-electron chi connectivity index (χ4n) is 3.01. The summed E-state index contributed by atoms with van der Waals surface area (Å²) >= 11 is 0. The Balaban J connectivity index is 2.24. The monoisotopic (exact) mass is 264 g/mol. The van der Waals surface area contributed by atoms with Crippen LogP contribution in [0.1, 0.15) is 44.3 Å². The lowest BCUT2D eigenvalue weighted by Gasteiger charge is -2.31.